The first-order chi connectivity index (χ1) is 19.9. The molecule has 2 amide bonds. The van der Waals surface area contributed by atoms with E-state index in [1.165, 1.54) is 42.2 Å². The molecule has 0 unspecified atom stereocenters. The molecule has 1 heterocycles. The van der Waals surface area contributed by atoms with Crippen LogP contribution < -0.4 is 19.1 Å². The molecule has 0 saturated heterocycles. The third-order valence-corrected chi connectivity index (χ3v) is 8.43. The molecule has 1 aliphatic rings. The van der Waals surface area contributed by atoms with Crippen LogP contribution in [-0.2, 0) is 32.6 Å². The number of hydrogen-bond donors (Lipinski definition) is 1. The number of halogens is 1. The summed E-state index contributed by atoms with van der Waals surface area (Å²) in [6.45, 7) is 6.08. The van der Waals surface area contributed by atoms with Crippen LogP contribution in [0.15, 0.2) is 72.8 Å². The van der Waals surface area contributed by atoms with E-state index in [9.17, 15) is 22.4 Å². The Bertz CT molecular complexity index is 1530. The molecule has 11 heteroatoms. The van der Waals surface area contributed by atoms with Gasteiger partial charge in [-0.2, -0.15) is 0 Å². The molecule has 0 aromatic heterocycles. The zero-order valence-electron chi connectivity index (χ0n) is 24.2. The molecule has 9 nitrogen and oxygen atoms in total. The minimum atomic E-state index is -3.96. The second-order valence-corrected chi connectivity index (χ2v) is 13.2. The number of carbonyl (C=O) groups is 2. The number of rotatable bonds is 11. The van der Waals surface area contributed by atoms with Crippen molar-refractivity contribution in [2.24, 2.45) is 0 Å². The van der Waals surface area contributed by atoms with Crippen LogP contribution in [0.4, 0.5) is 10.1 Å². The highest BCUT2D eigenvalue weighted by Crippen LogP contribution is 2.36. The molecule has 3 aromatic rings. The van der Waals surface area contributed by atoms with Gasteiger partial charge in [0.05, 0.1) is 11.4 Å². The molecule has 224 valence electrons. The van der Waals surface area contributed by atoms with Crippen molar-refractivity contribution in [3.8, 4) is 11.5 Å². The first-order valence-corrected chi connectivity index (χ1v) is 15.3. The van der Waals surface area contributed by atoms with Crippen molar-refractivity contribution in [2.75, 3.05) is 23.4 Å². The molecule has 1 N–H and O–H groups in total. The quantitative estimate of drug-likeness (QED) is 0.354. The number of fused-ring (bicyclic) bond motifs is 1. The van der Waals surface area contributed by atoms with Gasteiger partial charge in [0.25, 0.3) is 0 Å². The maximum Gasteiger partial charge on any atom is 0.244 e. The summed E-state index contributed by atoms with van der Waals surface area (Å²) in [6.07, 6.45) is 0.132. The molecule has 4 rings (SSSR count). The largest absolute Gasteiger partial charge is 0.454 e. The van der Waals surface area contributed by atoms with Crippen molar-refractivity contribution in [1.82, 2.24) is 10.2 Å². The SMILES string of the molecule is CCS(=O)(=O)N(CC(=O)N(Cc1ccccc1F)[C@@H](Cc1ccccc1)C(=O)NC(C)(C)C)c1ccc2c(c1)OCO2. The molecule has 0 spiro atoms. The Balaban J connectivity index is 1.77. The molecule has 0 aliphatic carbocycles. The highest BCUT2D eigenvalue weighted by Gasteiger charge is 2.35. The van der Waals surface area contributed by atoms with Crippen LogP contribution in [0.25, 0.3) is 0 Å². The van der Waals surface area contributed by atoms with Gasteiger partial charge in [0.1, 0.15) is 18.4 Å². The zero-order valence-corrected chi connectivity index (χ0v) is 25.0. The smallest absolute Gasteiger partial charge is 0.244 e. The number of amides is 2. The fraction of sp³-hybridized carbons (Fsp3) is 0.355. The highest BCUT2D eigenvalue weighted by molar-refractivity contribution is 7.92. The summed E-state index contributed by atoms with van der Waals surface area (Å²) in [5, 5.41) is 2.94. The maximum absolute atomic E-state index is 14.9. The van der Waals surface area contributed by atoms with Crippen molar-refractivity contribution in [2.45, 2.75) is 52.2 Å². The lowest BCUT2D eigenvalue weighted by molar-refractivity contribution is -0.140. The third kappa shape index (κ3) is 7.58. The molecular formula is C31H36FN3O6S. The molecule has 1 atom stereocenters. The van der Waals surface area contributed by atoms with Crippen LogP contribution in [0, 0.1) is 5.82 Å². The van der Waals surface area contributed by atoms with Gasteiger partial charge in [0.2, 0.25) is 28.6 Å². The van der Waals surface area contributed by atoms with Crippen molar-refractivity contribution in [3.05, 3.63) is 89.7 Å². The van der Waals surface area contributed by atoms with Gasteiger partial charge in [-0.1, -0.05) is 48.5 Å². The second kappa shape index (κ2) is 12.8. The van der Waals surface area contributed by atoms with Crippen LogP contribution in [0.3, 0.4) is 0 Å². The molecule has 0 bridgehead atoms. The van der Waals surface area contributed by atoms with E-state index in [4.69, 9.17) is 9.47 Å². The number of hydrogen-bond acceptors (Lipinski definition) is 6. The van der Waals surface area contributed by atoms with Gasteiger partial charge in [-0.15, -0.1) is 0 Å². The first kappa shape index (κ1) is 30.8. The van der Waals surface area contributed by atoms with Gasteiger partial charge in [-0.3, -0.25) is 13.9 Å². The molecule has 0 saturated carbocycles. The lowest BCUT2D eigenvalue weighted by Gasteiger charge is -2.35. The second-order valence-electron chi connectivity index (χ2n) is 11.0. The summed E-state index contributed by atoms with van der Waals surface area (Å²) < 4.78 is 53.3. The average Bonchev–Trinajstić information content (AvgIpc) is 3.42. The molecule has 3 aromatic carbocycles. The summed E-state index contributed by atoms with van der Waals surface area (Å²) in [7, 11) is -3.96. The van der Waals surface area contributed by atoms with Gasteiger partial charge >= 0.3 is 0 Å². The van der Waals surface area contributed by atoms with E-state index in [-0.39, 0.29) is 36.8 Å². The summed E-state index contributed by atoms with van der Waals surface area (Å²) in [5.41, 5.74) is 0.564. The number of anilines is 1. The monoisotopic (exact) mass is 597 g/mol. The van der Waals surface area contributed by atoms with E-state index >= 15 is 0 Å². The number of benzene rings is 3. The van der Waals surface area contributed by atoms with Gasteiger partial charge in [-0.05, 0) is 51.5 Å². The standard InChI is InChI=1S/C31H36FN3O6S/c1-5-42(38,39)35(24-15-16-27-28(18-24)41-21-40-27)20-29(36)34(19-23-13-9-10-14-25(23)32)26(30(37)33-31(2,3)4)17-22-11-7-6-8-12-22/h6-16,18,26H,5,17,19-21H2,1-4H3,(H,33,37)/t26-/m0/s1. The van der Waals surface area contributed by atoms with E-state index in [1.54, 1.807) is 12.1 Å². The van der Waals surface area contributed by atoms with Crippen LogP contribution in [0.1, 0.15) is 38.8 Å². The van der Waals surface area contributed by atoms with Crippen molar-refractivity contribution in [1.29, 1.82) is 0 Å². The third-order valence-electron chi connectivity index (χ3n) is 6.69. The Hall–Kier alpha value is -4.12. The van der Waals surface area contributed by atoms with E-state index in [2.05, 4.69) is 5.32 Å². The summed E-state index contributed by atoms with van der Waals surface area (Å²) >= 11 is 0. The van der Waals surface area contributed by atoms with Gasteiger partial charge in [0, 0.05) is 30.1 Å². The number of nitrogens with one attached hydrogen (secondary N) is 1. The summed E-state index contributed by atoms with van der Waals surface area (Å²) in [5.74, 6) is -1.12. The van der Waals surface area contributed by atoms with Gasteiger partial charge in [-0.25, -0.2) is 12.8 Å². The topological polar surface area (TPSA) is 105 Å². The number of sulfonamides is 1. The molecule has 0 radical (unpaired) electrons. The summed E-state index contributed by atoms with van der Waals surface area (Å²) in [6, 6.07) is 18.7. The number of nitrogens with zero attached hydrogens (tertiary/aromatic N) is 2. The fourth-order valence-corrected chi connectivity index (χ4v) is 5.63. The van der Waals surface area contributed by atoms with Crippen LogP contribution in [-0.4, -0.2) is 55.8 Å². The first-order valence-electron chi connectivity index (χ1n) is 13.7. The Morgan fingerprint density at radius 2 is 1.64 bits per heavy atom. The zero-order chi connectivity index (χ0) is 30.5. The Labute approximate surface area is 246 Å². The van der Waals surface area contributed by atoms with Crippen LogP contribution >= 0.6 is 0 Å². The van der Waals surface area contributed by atoms with Crippen LogP contribution in [0.2, 0.25) is 0 Å². The van der Waals surface area contributed by atoms with E-state index in [0.717, 1.165) is 9.87 Å². The van der Waals surface area contributed by atoms with E-state index < -0.39 is 45.8 Å². The number of ether oxygens (including phenoxy) is 2. The van der Waals surface area contributed by atoms with E-state index in [0.29, 0.717) is 11.5 Å². The Morgan fingerprint density at radius 3 is 2.31 bits per heavy atom. The fourth-order valence-electron chi connectivity index (χ4n) is 4.58. The molecule has 1 aliphatic heterocycles. The normalized spacial score (nSPS) is 13.4. The minimum Gasteiger partial charge on any atom is -0.454 e. The van der Waals surface area contributed by atoms with Gasteiger partial charge < -0.3 is 19.7 Å². The predicted octanol–water partition coefficient (Wildman–Crippen LogP) is 4.27. The highest BCUT2D eigenvalue weighted by atomic mass is 32.2. The minimum absolute atomic E-state index is 0.00127. The van der Waals surface area contributed by atoms with Crippen molar-refractivity contribution in [3.63, 3.8) is 0 Å². The summed E-state index contributed by atoms with van der Waals surface area (Å²) in [4.78, 5) is 29.2. The van der Waals surface area contributed by atoms with Crippen molar-refractivity contribution >= 4 is 27.5 Å². The predicted molar refractivity (Wildman–Crippen MR) is 158 cm³/mol. The molecular weight excluding hydrogens is 561 g/mol. The lowest BCUT2D eigenvalue weighted by Crippen LogP contribution is -2.56. The molecule has 0 fully saturated rings. The molecule has 42 heavy (non-hydrogen) atoms. The van der Waals surface area contributed by atoms with Crippen LogP contribution in [0.5, 0.6) is 11.5 Å². The Kier molecular flexibility index (Phi) is 9.40. The average molecular weight is 598 g/mol. The maximum atomic E-state index is 14.9. The lowest BCUT2D eigenvalue weighted by atomic mass is 10.0. The van der Waals surface area contributed by atoms with E-state index in [1.807, 2.05) is 51.1 Å². The van der Waals surface area contributed by atoms with Crippen molar-refractivity contribution < 1.29 is 31.9 Å². The Morgan fingerprint density at radius 1 is 0.976 bits per heavy atom. The number of carbonyl (C=O) groups excluding carboxylic acids is 2. The van der Waals surface area contributed by atoms with Gasteiger partial charge in [0.15, 0.2) is 11.5 Å².